The van der Waals surface area contributed by atoms with Crippen LogP contribution in [0.5, 0.6) is 0 Å². The van der Waals surface area contributed by atoms with E-state index in [-0.39, 0.29) is 5.56 Å². The molecule has 1 aliphatic carbocycles. The number of hydrogen-bond donors (Lipinski definition) is 3. The zero-order valence-electron chi connectivity index (χ0n) is 8.47. The van der Waals surface area contributed by atoms with E-state index in [4.69, 9.17) is 0 Å². The van der Waals surface area contributed by atoms with Gasteiger partial charge < -0.3 is 10.6 Å². The fourth-order valence-corrected chi connectivity index (χ4v) is 1.84. The number of fused-ring (bicyclic) bond motifs is 1. The van der Waals surface area contributed by atoms with Crippen LogP contribution in [0.25, 0.3) is 0 Å². The summed E-state index contributed by atoms with van der Waals surface area (Å²) >= 11 is 0. The Morgan fingerprint density at radius 3 is 3.07 bits per heavy atom. The van der Waals surface area contributed by atoms with Gasteiger partial charge in [-0.3, -0.25) is 9.78 Å². The second-order valence-electron chi connectivity index (χ2n) is 4.19. The second-order valence-corrected chi connectivity index (χ2v) is 4.19. The maximum Gasteiger partial charge on any atom is 0.257 e. The molecule has 0 aromatic carbocycles. The lowest BCUT2D eigenvalue weighted by molar-refractivity contribution is 0.798. The largest absolute Gasteiger partial charge is 0.370 e. The third-order valence-electron chi connectivity index (χ3n) is 2.83. The number of nitrogens with zero attached hydrogens (tertiary/aromatic N) is 1. The fraction of sp³-hybridized carbons (Fsp3) is 0.600. The van der Waals surface area contributed by atoms with E-state index < -0.39 is 0 Å². The van der Waals surface area contributed by atoms with Gasteiger partial charge in [0.15, 0.2) is 0 Å². The number of nitrogens with one attached hydrogen (secondary N) is 3. The van der Waals surface area contributed by atoms with Crippen molar-refractivity contribution in [3.8, 4) is 0 Å². The molecule has 1 aromatic heterocycles. The van der Waals surface area contributed by atoms with Crippen LogP contribution in [0.1, 0.15) is 24.8 Å². The molecule has 1 aliphatic heterocycles. The van der Waals surface area contributed by atoms with E-state index in [2.05, 4.69) is 20.6 Å². The standard InChI is InChI=1S/C10H14N4O/c15-9-7-2-1-5-11-8(7)13-10(14-9)12-6-3-4-6/h6H,1-5H2,(H3,11,12,13,14,15). The number of H-pyrrole nitrogens is 1. The summed E-state index contributed by atoms with van der Waals surface area (Å²) in [5.41, 5.74) is 0.790. The van der Waals surface area contributed by atoms with Crippen molar-refractivity contribution in [1.82, 2.24) is 9.97 Å². The lowest BCUT2D eigenvalue weighted by Crippen LogP contribution is -2.25. The lowest BCUT2D eigenvalue weighted by Gasteiger charge is -2.16. The summed E-state index contributed by atoms with van der Waals surface area (Å²) in [4.78, 5) is 18.9. The first-order chi connectivity index (χ1) is 7.33. The summed E-state index contributed by atoms with van der Waals surface area (Å²) in [5, 5.41) is 6.37. The van der Waals surface area contributed by atoms with Gasteiger partial charge in [0.2, 0.25) is 5.95 Å². The summed E-state index contributed by atoms with van der Waals surface area (Å²) in [6, 6.07) is 0.509. The van der Waals surface area contributed by atoms with Gasteiger partial charge in [-0.1, -0.05) is 0 Å². The molecule has 0 atom stereocenters. The number of aromatic nitrogens is 2. The second kappa shape index (κ2) is 3.25. The molecule has 80 valence electrons. The first kappa shape index (κ1) is 8.76. The Hall–Kier alpha value is -1.52. The van der Waals surface area contributed by atoms with Gasteiger partial charge in [0, 0.05) is 12.6 Å². The molecular weight excluding hydrogens is 192 g/mol. The third-order valence-corrected chi connectivity index (χ3v) is 2.83. The predicted molar refractivity (Wildman–Crippen MR) is 58.3 cm³/mol. The van der Waals surface area contributed by atoms with Gasteiger partial charge in [-0.05, 0) is 25.7 Å². The monoisotopic (exact) mass is 206 g/mol. The molecule has 0 radical (unpaired) electrons. The van der Waals surface area contributed by atoms with Crippen LogP contribution in [0.15, 0.2) is 4.79 Å². The van der Waals surface area contributed by atoms with E-state index in [9.17, 15) is 4.79 Å². The minimum absolute atomic E-state index is 0.00431. The van der Waals surface area contributed by atoms with Gasteiger partial charge in [-0.2, -0.15) is 4.98 Å². The fourth-order valence-electron chi connectivity index (χ4n) is 1.84. The Labute approximate surface area is 87.3 Å². The zero-order chi connectivity index (χ0) is 10.3. The molecule has 0 bridgehead atoms. The van der Waals surface area contributed by atoms with Crippen LogP contribution in [0.2, 0.25) is 0 Å². The van der Waals surface area contributed by atoms with Crippen LogP contribution < -0.4 is 16.2 Å². The highest BCUT2D eigenvalue weighted by Gasteiger charge is 2.23. The van der Waals surface area contributed by atoms with Crippen LogP contribution in [-0.2, 0) is 6.42 Å². The molecule has 2 heterocycles. The number of rotatable bonds is 2. The minimum atomic E-state index is -0.00431. The van der Waals surface area contributed by atoms with Crippen LogP contribution in [0.4, 0.5) is 11.8 Å². The Bertz CT molecular complexity index is 436. The van der Waals surface area contributed by atoms with Crippen molar-refractivity contribution < 1.29 is 0 Å². The van der Waals surface area contributed by atoms with Gasteiger partial charge in [0.1, 0.15) is 5.82 Å². The maximum atomic E-state index is 11.7. The van der Waals surface area contributed by atoms with E-state index >= 15 is 0 Å². The number of hydrogen-bond acceptors (Lipinski definition) is 4. The van der Waals surface area contributed by atoms with Gasteiger partial charge >= 0.3 is 0 Å². The van der Waals surface area contributed by atoms with E-state index in [1.807, 2.05) is 0 Å². The Morgan fingerprint density at radius 2 is 2.27 bits per heavy atom. The highest BCUT2D eigenvalue weighted by molar-refractivity contribution is 5.49. The molecule has 0 unspecified atom stereocenters. The highest BCUT2D eigenvalue weighted by atomic mass is 16.1. The first-order valence-electron chi connectivity index (χ1n) is 5.46. The molecule has 1 fully saturated rings. The molecular formula is C10H14N4O. The molecule has 0 amide bonds. The van der Waals surface area contributed by atoms with Gasteiger partial charge in [0.25, 0.3) is 5.56 Å². The first-order valence-corrected chi connectivity index (χ1v) is 5.46. The van der Waals surface area contributed by atoms with Crippen molar-refractivity contribution in [2.45, 2.75) is 31.7 Å². The molecule has 3 N–H and O–H groups in total. The normalized spacial score (nSPS) is 19.2. The topological polar surface area (TPSA) is 69.8 Å². The number of anilines is 2. The Morgan fingerprint density at radius 1 is 1.40 bits per heavy atom. The Kier molecular flexibility index (Phi) is 1.90. The van der Waals surface area contributed by atoms with Crippen LogP contribution in [0, 0.1) is 0 Å². The quantitative estimate of drug-likeness (QED) is 0.666. The van der Waals surface area contributed by atoms with Crippen molar-refractivity contribution in [3.63, 3.8) is 0 Å². The van der Waals surface area contributed by atoms with E-state index in [0.29, 0.717) is 12.0 Å². The van der Waals surface area contributed by atoms with Crippen LogP contribution in [-0.4, -0.2) is 22.6 Å². The molecule has 1 saturated carbocycles. The Balaban J connectivity index is 1.96. The predicted octanol–water partition coefficient (Wildman–Crippen LogP) is 0.702. The lowest BCUT2D eigenvalue weighted by atomic mass is 10.1. The summed E-state index contributed by atoms with van der Waals surface area (Å²) in [6.45, 7) is 0.909. The van der Waals surface area contributed by atoms with E-state index in [0.717, 1.165) is 30.8 Å². The summed E-state index contributed by atoms with van der Waals surface area (Å²) < 4.78 is 0. The molecule has 0 spiro atoms. The van der Waals surface area contributed by atoms with E-state index in [1.165, 1.54) is 12.8 Å². The summed E-state index contributed by atoms with van der Waals surface area (Å²) in [5.74, 6) is 1.36. The SMILES string of the molecule is O=c1[nH]c(NC2CC2)nc2c1CCCN2. The van der Waals surface area contributed by atoms with Crippen LogP contribution >= 0.6 is 0 Å². The van der Waals surface area contributed by atoms with Crippen molar-refractivity contribution in [1.29, 1.82) is 0 Å². The summed E-state index contributed by atoms with van der Waals surface area (Å²) in [6.07, 6.45) is 4.18. The smallest absolute Gasteiger partial charge is 0.257 e. The zero-order valence-corrected chi connectivity index (χ0v) is 8.47. The highest BCUT2D eigenvalue weighted by Crippen LogP contribution is 2.24. The molecule has 3 rings (SSSR count). The molecule has 5 nitrogen and oxygen atoms in total. The molecule has 0 saturated heterocycles. The van der Waals surface area contributed by atoms with Crippen LogP contribution in [0.3, 0.4) is 0 Å². The van der Waals surface area contributed by atoms with Crippen molar-refractivity contribution in [2.24, 2.45) is 0 Å². The van der Waals surface area contributed by atoms with Crippen molar-refractivity contribution in [2.75, 3.05) is 17.2 Å². The molecule has 5 heteroatoms. The molecule has 15 heavy (non-hydrogen) atoms. The maximum absolute atomic E-state index is 11.7. The number of aromatic amines is 1. The molecule has 2 aliphatic rings. The average molecular weight is 206 g/mol. The van der Waals surface area contributed by atoms with Gasteiger partial charge in [-0.25, -0.2) is 0 Å². The summed E-state index contributed by atoms with van der Waals surface area (Å²) in [7, 11) is 0. The van der Waals surface area contributed by atoms with E-state index in [1.54, 1.807) is 0 Å². The average Bonchev–Trinajstić information content (AvgIpc) is 3.02. The van der Waals surface area contributed by atoms with Gasteiger partial charge in [0.05, 0.1) is 5.56 Å². The molecule has 1 aromatic rings. The van der Waals surface area contributed by atoms with Crippen molar-refractivity contribution in [3.05, 3.63) is 15.9 Å². The van der Waals surface area contributed by atoms with Gasteiger partial charge in [-0.15, -0.1) is 0 Å². The van der Waals surface area contributed by atoms with Crippen molar-refractivity contribution >= 4 is 11.8 Å². The minimum Gasteiger partial charge on any atom is -0.370 e. The third kappa shape index (κ3) is 1.69.